The average Bonchev–Trinajstić information content (AvgIpc) is 3.12. The van der Waals surface area contributed by atoms with Crippen LogP contribution in [0.4, 0.5) is 0 Å². The van der Waals surface area contributed by atoms with Gasteiger partial charge in [-0.1, -0.05) is 30.3 Å². The van der Waals surface area contributed by atoms with Crippen molar-refractivity contribution in [2.75, 3.05) is 13.7 Å². The quantitative estimate of drug-likeness (QED) is 0.700. The molecule has 0 aliphatic rings. The van der Waals surface area contributed by atoms with Gasteiger partial charge >= 0.3 is 5.97 Å². The number of hydrogen-bond donors (Lipinski definition) is 2. The highest BCUT2D eigenvalue weighted by atomic mass is 16.5. The third kappa shape index (κ3) is 3.69. The van der Waals surface area contributed by atoms with Gasteiger partial charge in [0.2, 0.25) is 5.82 Å². The predicted octanol–water partition coefficient (Wildman–Crippen LogP) is 1.76. The Morgan fingerprint density at radius 1 is 1.12 bits per heavy atom. The fourth-order valence-corrected chi connectivity index (χ4v) is 2.32. The molecule has 1 aromatic heterocycles. The van der Waals surface area contributed by atoms with Crippen LogP contribution in [-0.2, 0) is 4.79 Å². The summed E-state index contributed by atoms with van der Waals surface area (Å²) in [6.07, 6.45) is 0. The van der Waals surface area contributed by atoms with E-state index in [1.807, 2.05) is 30.3 Å². The topological polar surface area (TPSA) is 106 Å². The summed E-state index contributed by atoms with van der Waals surface area (Å²) in [5.74, 6) is -0.750. The van der Waals surface area contributed by atoms with Crippen LogP contribution in [0.2, 0.25) is 0 Å². The molecular formula is C18H16N4O4. The zero-order chi connectivity index (χ0) is 18.5. The number of benzene rings is 2. The number of aliphatic carboxylic acids is 1. The van der Waals surface area contributed by atoms with E-state index in [-0.39, 0.29) is 5.82 Å². The molecule has 0 aliphatic heterocycles. The Hall–Kier alpha value is -3.68. The number of amides is 1. The lowest BCUT2D eigenvalue weighted by Gasteiger charge is -2.06. The predicted molar refractivity (Wildman–Crippen MR) is 93.3 cm³/mol. The average molecular weight is 352 g/mol. The second kappa shape index (κ2) is 7.47. The van der Waals surface area contributed by atoms with E-state index in [9.17, 15) is 9.59 Å². The van der Waals surface area contributed by atoms with Gasteiger partial charge in [-0.25, -0.2) is 9.67 Å². The first-order valence-corrected chi connectivity index (χ1v) is 7.75. The fourth-order valence-electron chi connectivity index (χ4n) is 2.32. The SMILES string of the molecule is COc1ccc(-n2nc(C(=O)NCC(=O)O)nc2-c2ccccc2)cc1. The molecular weight excluding hydrogens is 336 g/mol. The van der Waals surface area contributed by atoms with Gasteiger partial charge in [-0.05, 0) is 24.3 Å². The largest absolute Gasteiger partial charge is 0.497 e. The summed E-state index contributed by atoms with van der Waals surface area (Å²) in [6.45, 7) is -0.503. The molecule has 26 heavy (non-hydrogen) atoms. The summed E-state index contributed by atoms with van der Waals surface area (Å²) < 4.78 is 6.68. The monoisotopic (exact) mass is 352 g/mol. The number of carboxylic acids is 1. The molecule has 2 N–H and O–H groups in total. The van der Waals surface area contributed by atoms with Crippen LogP contribution in [0.15, 0.2) is 54.6 Å². The maximum Gasteiger partial charge on any atom is 0.322 e. The Morgan fingerprint density at radius 3 is 2.42 bits per heavy atom. The summed E-state index contributed by atoms with van der Waals surface area (Å²) in [7, 11) is 1.57. The van der Waals surface area contributed by atoms with Gasteiger partial charge in [-0.2, -0.15) is 0 Å². The molecule has 8 nitrogen and oxygen atoms in total. The van der Waals surface area contributed by atoms with Gasteiger partial charge in [-0.3, -0.25) is 9.59 Å². The van der Waals surface area contributed by atoms with Gasteiger partial charge in [-0.15, -0.1) is 5.10 Å². The van der Waals surface area contributed by atoms with Gasteiger partial charge in [0.15, 0.2) is 5.82 Å². The number of ether oxygens (including phenoxy) is 1. The molecule has 0 aliphatic carbocycles. The molecule has 2 aromatic carbocycles. The van der Waals surface area contributed by atoms with Crippen molar-refractivity contribution < 1.29 is 19.4 Å². The first kappa shape index (κ1) is 17.2. The van der Waals surface area contributed by atoms with Crippen molar-refractivity contribution in [3.63, 3.8) is 0 Å². The smallest absolute Gasteiger partial charge is 0.322 e. The Kier molecular flexibility index (Phi) is 4.93. The van der Waals surface area contributed by atoms with Crippen molar-refractivity contribution in [3.8, 4) is 22.8 Å². The molecule has 3 aromatic rings. The highest BCUT2D eigenvalue weighted by molar-refractivity contribution is 5.92. The molecule has 0 unspecified atom stereocenters. The second-order valence-corrected chi connectivity index (χ2v) is 5.31. The van der Waals surface area contributed by atoms with Gasteiger partial charge in [0.1, 0.15) is 12.3 Å². The van der Waals surface area contributed by atoms with E-state index in [1.165, 1.54) is 4.68 Å². The number of carbonyl (C=O) groups is 2. The fraction of sp³-hybridized carbons (Fsp3) is 0.111. The molecule has 0 saturated carbocycles. The van der Waals surface area contributed by atoms with Crippen LogP contribution in [0, 0.1) is 0 Å². The van der Waals surface area contributed by atoms with E-state index in [0.717, 1.165) is 5.56 Å². The van der Waals surface area contributed by atoms with Crippen LogP contribution in [0.1, 0.15) is 10.6 Å². The van der Waals surface area contributed by atoms with Crippen LogP contribution in [0.25, 0.3) is 17.1 Å². The molecule has 8 heteroatoms. The van der Waals surface area contributed by atoms with Gasteiger partial charge in [0.05, 0.1) is 12.8 Å². The first-order valence-electron chi connectivity index (χ1n) is 7.75. The molecule has 1 amide bonds. The van der Waals surface area contributed by atoms with Crippen molar-refractivity contribution >= 4 is 11.9 Å². The van der Waals surface area contributed by atoms with Crippen molar-refractivity contribution in [2.45, 2.75) is 0 Å². The lowest BCUT2D eigenvalue weighted by atomic mass is 10.2. The molecule has 0 atom stereocenters. The Labute approximate surface area is 149 Å². The number of methoxy groups -OCH3 is 1. The standard InChI is InChI=1S/C18H16N4O4/c1-26-14-9-7-13(8-10-14)22-17(12-5-3-2-4-6-12)20-16(21-22)18(25)19-11-15(23)24/h2-10H,11H2,1H3,(H,19,25)(H,23,24). The molecule has 1 heterocycles. The molecule has 0 spiro atoms. The minimum absolute atomic E-state index is 0.110. The minimum atomic E-state index is -1.14. The summed E-state index contributed by atoms with van der Waals surface area (Å²) in [4.78, 5) is 27.1. The maximum absolute atomic E-state index is 12.1. The van der Waals surface area contributed by atoms with Crippen molar-refractivity contribution in [1.29, 1.82) is 0 Å². The third-order valence-corrected chi connectivity index (χ3v) is 3.56. The molecule has 0 saturated heterocycles. The van der Waals surface area contributed by atoms with Crippen molar-refractivity contribution in [3.05, 3.63) is 60.4 Å². The minimum Gasteiger partial charge on any atom is -0.497 e. The maximum atomic E-state index is 12.1. The Bertz CT molecular complexity index is 920. The number of rotatable bonds is 6. The van der Waals surface area contributed by atoms with Crippen molar-refractivity contribution in [2.24, 2.45) is 0 Å². The lowest BCUT2D eigenvalue weighted by Crippen LogP contribution is -2.30. The van der Waals surface area contributed by atoms with Crippen LogP contribution in [0.3, 0.4) is 0 Å². The lowest BCUT2D eigenvalue weighted by molar-refractivity contribution is -0.135. The normalized spacial score (nSPS) is 10.3. The first-order chi connectivity index (χ1) is 12.6. The van der Waals surface area contributed by atoms with Crippen molar-refractivity contribution in [1.82, 2.24) is 20.1 Å². The zero-order valence-electron chi connectivity index (χ0n) is 13.9. The summed E-state index contributed by atoms with van der Waals surface area (Å²) in [5.41, 5.74) is 1.46. The number of nitrogens with one attached hydrogen (secondary N) is 1. The third-order valence-electron chi connectivity index (χ3n) is 3.56. The Balaban J connectivity index is 2.03. The number of nitrogens with zero attached hydrogens (tertiary/aromatic N) is 3. The van der Waals surface area contributed by atoms with Gasteiger partial charge < -0.3 is 15.2 Å². The summed E-state index contributed by atoms with van der Waals surface area (Å²) in [5, 5.41) is 15.2. The number of carboxylic acid groups (broad SMARTS) is 1. The van der Waals surface area contributed by atoms with E-state index in [4.69, 9.17) is 9.84 Å². The highest BCUT2D eigenvalue weighted by Crippen LogP contribution is 2.22. The van der Waals surface area contributed by atoms with Gasteiger partial charge in [0, 0.05) is 5.56 Å². The zero-order valence-corrected chi connectivity index (χ0v) is 13.9. The molecule has 0 bridgehead atoms. The van der Waals surface area contributed by atoms with Gasteiger partial charge in [0.25, 0.3) is 5.91 Å². The van der Waals surface area contributed by atoms with Crippen LogP contribution < -0.4 is 10.1 Å². The van der Waals surface area contributed by atoms with Crippen LogP contribution in [-0.4, -0.2) is 45.4 Å². The summed E-state index contributed by atoms with van der Waals surface area (Å²) >= 11 is 0. The molecule has 132 valence electrons. The summed E-state index contributed by atoms with van der Waals surface area (Å²) in [6, 6.07) is 16.4. The van der Waals surface area contributed by atoms with E-state index in [0.29, 0.717) is 17.3 Å². The van der Waals surface area contributed by atoms with Crippen LogP contribution in [0.5, 0.6) is 5.75 Å². The number of carbonyl (C=O) groups excluding carboxylic acids is 1. The number of aromatic nitrogens is 3. The van der Waals surface area contributed by atoms with E-state index in [2.05, 4.69) is 15.4 Å². The highest BCUT2D eigenvalue weighted by Gasteiger charge is 2.19. The Morgan fingerprint density at radius 2 is 1.81 bits per heavy atom. The van der Waals surface area contributed by atoms with E-state index >= 15 is 0 Å². The molecule has 3 rings (SSSR count). The van der Waals surface area contributed by atoms with Crippen LogP contribution >= 0.6 is 0 Å². The second-order valence-electron chi connectivity index (χ2n) is 5.31. The molecule has 0 radical (unpaired) electrons. The number of hydrogen-bond acceptors (Lipinski definition) is 5. The van der Waals surface area contributed by atoms with E-state index in [1.54, 1.807) is 31.4 Å². The molecule has 0 fully saturated rings. The van der Waals surface area contributed by atoms with E-state index < -0.39 is 18.4 Å².